The minimum absolute atomic E-state index is 0.0721. The Bertz CT molecular complexity index is 798. The van der Waals surface area contributed by atoms with Crippen molar-refractivity contribution in [1.29, 1.82) is 0 Å². The van der Waals surface area contributed by atoms with E-state index < -0.39 is 29.8 Å². The smallest absolute Gasteiger partial charge is 0.317 e. The minimum atomic E-state index is -3.09. The van der Waals surface area contributed by atoms with Crippen LogP contribution in [0, 0.1) is 35.3 Å². The molecule has 190 valence electrons. The van der Waals surface area contributed by atoms with Crippen LogP contribution >= 0.6 is 0 Å². The van der Waals surface area contributed by atoms with Crippen molar-refractivity contribution in [2.24, 2.45) is 23.7 Å². The van der Waals surface area contributed by atoms with Crippen LogP contribution in [-0.2, 0) is 4.74 Å². The molecule has 0 aromatic heterocycles. The van der Waals surface area contributed by atoms with Crippen molar-refractivity contribution in [3.05, 3.63) is 47.5 Å². The Morgan fingerprint density at radius 3 is 1.94 bits per heavy atom. The molecule has 0 radical (unpaired) electrons. The highest BCUT2D eigenvalue weighted by Crippen LogP contribution is 2.43. The van der Waals surface area contributed by atoms with Gasteiger partial charge < -0.3 is 4.74 Å². The summed E-state index contributed by atoms with van der Waals surface area (Å²) in [6, 6.07) is 3.98. The van der Waals surface area contributed by atoms with Gasteiger partial charge in [0.25, 0.3) is 0 Å². The molecule has 1 aromatic rings. The van der Waals surface area contributed by atoms with Gasteiger partial charge in [0.15, 0.2) is 11.6 Å². The van der Waals surface area contributed by atoms with E-state index in [9.17, 15) is 17.6 Å². The van der Waals surface area contributed by atoms with Crippen LogP contribution in [-0.4, -0.2) is 12.2 Å². The minimum Gasteiger partial charge on any atom is -0.317 e. The second-order valence-electron chi connectivity index (χ2n) is 11.0. The quantitative estimate of drug-likeness (QED) is 0.279. The number of alkyl halides is 2. The van der Waals surface area contributed by atoms with E-state index in [2.05, 4.69) is 19.1 Å². The third kappa shape index (κ3) is 6.65. The van der Waals surface area contributed by atoms with E-state index in [1.165, 1.54) is 38.2 Å². The SMILES string of the molecule is CCC1CCC(/C=C/C2CCC(C(F)(F)OC3CCC(c4ccc(F)c(F)c4)CC3)CC2)CC1. The molecule has 0 atom stereocenters. The topological polar surface area (TPSA) is 9.23 Å². The van der Waals surface area contributed by atoms with Gasteiger partial charge >= 0.3 is 6.11 Å². The van der Waals surface area contributed by atoms with Gasteiger partial charge in [-0.15, -0.1) is 0 Å². The van der Waals surface area contributed by atoms with Crippen molar-refractivity contribution in [2.45, 2.75) is 109 Å². The summed E-state index contributed by atoms with van der Waals surface area (Å²) in [5.74, 6) is -0.358. The largest absolute Gasteiger partial charge is 0.358 e. The molecule has 3 aliphatic carbocycles. The maximum absolute atomic E-state index is 15.0. The summed E-state index contributed by atoms with van der Waals surface area (Å²) in [5.41, 5.74) is 0.744. The first kappa shape index (κ1) is 25.7. The van der Waals surface area contributed by atoms with Gasteiger partial charge in [-0.25, -0.2) is 8.78 Å². The lowest BCUT2D eigenvalue weighted by Gasteiger charge is -2.36. The molecule has 0 aliphatic heterocycles. The van der Waals surface area contributed by atoms with Crippen LogP contribution in [0.1, 0.15) is 102 Å². The Morgan fingerprint density at radius 1 is 0.794 bits per heavy atom. The predicted molar refractivity (Wildman–Crippen MR) is 128 cm³/mol. The summed E-state index contributed by atoms with van der Waals surface area (Å²) in [6.07, 6.45) is 12.6. The van der Waals surface area contributed by atoms with Gasteiger partial charge in [0.2, 0.25) is 0 Å². The zero-order valence-electron chi connectivity index (χ0n) is 20.5. The number of hydrogen-bond donors (Lipinski definition) is 0. The second kappa shape index (κ2) is 11.6. The lowest BCUT2D eigenvalue weighted by Crippen LogP contribution is -2.38. The molecule has 0 unspecified atom stereocenters. The van der Waals surface area contributed by atoms with E-state index >= 15 is 0 Å². The first-order valence-corrected chi connectivity index (χ1v) is 13.5. The average Bonchev–Trinajstić information content (AvgIpc) is 2.85. The molecule has 1 nitrogen and oxygen atoms in total. The van der Waals surface area contributed by atoms with Crippen LogP contribution in [0.2, 0.25) is 0 Å². The monoisotopic (exact) mass is 480 g/mol. The van der Waals surface area contributed by atoms with Gasteiger partial charge in [0.05, 0.1) is 12.0 Å². The highest BCUT2D eigenvalue weighted by molar-refractivity contribution is 5.22. The molecule has 1 aromatic carbocycles. The summed E-state index contributed by atoms with van der Waals surface area (Å²) in [4.78, 5) is 0. The van der Waals surface area contributed by atoms with Gasteiger partial charge in [-0.2, -0.15) is 8.78 Å². The highest BCUT2D eigenvalue weighted by atomic mass is 19.3. The molecule has 3 saturated carbocycles. The summed E-state index contributed by atoms with van der Waals surface area (Å²) in [5, 5.41) is 0. The number of hydrogen-bond acceptors (Lipinski definition) is 1. The molecule has 4 rings (SSSR count). The fraction of sp³-hybridized carbons (Fsp3) is 0.724. The van der Waals surface area contributed by atoms with E-state index in [1.807, 2.05) is 0 Å². The van der Waals surface area contributed by atoms with E-state index in [-0.39, 0.29) is 5.92 Å². The molecule has 3 aliphatic rings. The summed E-state index contributed by atoms with van der Waals surface area (Å²) in [6.45, 7) is 2.28. The zero-order valence-corrected chi connectivity index (χ0v) is 20.5. The van der Waals surface area contributed by atoms with Gasteiger partial charge in [-0.05, 0) is 118 Å². The summed E-state index contributed by atoms with van der Waals surface area (Å²) >= 11 is 0. The van der Waals surface area contributed by atoms with Crippen LogP contribution in [0.4, 0.5) is 17.6 Å². The first-order chi connectivity index (χ1) is 16.3. The van der Waals surface area contributed by atoms with Crippen LogP contribution < -0.4 is 0 Å². The third-order valence-corrected chi connectivity index (χ3v) is 8.78. The Labute approximate surface area is 202 Å². The van der Waals surface area contributed by atoms with Crippen molar-refractivity contribution in [2.75, 3.05) is 0 Å². The van der Waals surface area contributed by atoms with E-state index in [1.54, 1.807) is 6.07 Å². The molecular formula is C29H40F4O. The lowest BCUT2D eigenvalue weighted by molar-refractivity contribution is -0.301. The fourth-order valence-corrected chi connectivity index (χ4v) is 6.35. The summed E-state index contributed by atoms with van der Waals surface area (Å²) < 4.78 is 62.0. The maximum Gasteiger partial charge on any atom is 0.358 e. The van der Waals surface area contributed by atoms with Crippen LogP contribution in [0.3, 0.4) is 0 Å². The Morgan fingerprint density at radius 2 is 1.38 bits per heavy atom. The Kier molecular flexibility index (Phi) is 8.76. The Balaban J connectivity index is 1.19. The Hall–Kier alpha value is -1.36. The fourth-order valence-electron chi connectivity index (χ4n) is 6.35. The maximum atomic E-state index is 15.0. The molecule has 3 fully saturated rings. The number of rotatable bonds is 7. The number of halogens is 4. The lowest BCUT2D eigenvalue weighted by atomic mass is 9.78. The van der Waals surface area contributed by atoms with Crippen molar-refractivity contribution >= 4 is 0 Å². The van der Waals surface area contributed by atoms with E-state index in [0.717, 1.165) is 30.4 Å². The number of ether oxygens (including phenoxy) is 1. The molecule has 34 heavy (non-hydrogen) atoms. The van der Waals surface area contributed by atoms with Crippen molar-refractivity contribution < 1.29 is 22.3 Å². The van der Waals surface area contributed by atoms with E-state index in [4.69, 9.17) is 4.74 Å². The normalized spacial score (nSPS) is 33.3. The molecule has 0 saturated heterocycles. The van der Waals surface area contributed by atoms with Crippen LogP contribution in [0.25, 0.3) is 0 Å². The van der Waals surface area contributed by atoms with Gasteiger partial charge in [-0.3, -0.25) is 0 Å². The number of benzene rings is 1. The van der Waals surface area contributed by atoms with E-state index in [0.29, 0.717) is 50.4 Å². The van der Waals surface area contributed by atoms with Crippen molar-refractivity contribution in [3.63, 3.8) is 0 Å². The molecule has 0 bridgehead atoms. The molecular weight excluding hydrogens is 440 g/mol. The standard InChI is InChI=1S/C29H40F4O/c1-2-20-3-5-21(6-4-20)7-8-22-9-14-25(15-10-22)29(32,33)34-26-16-11-23(12-17-26)24-13-18-27(30)28(31)19-24/h7-8,13,18-23,25-26H,2-6,9-12,14-17H2,1H3/b8-7+. The molecule has 0 N–H and O–H groups in total. The third-order valence-electron chi connectivity index (χ3n) is 8.78. The molecule has 0 heterocycles. The van der Waals surface area contributed by atoms with Gasteiger partial charge in [-0.1, -0.05) is 31.6 Å². The zero-order chi connectivity index (χ0) is 24.1. The van der Waals surface area contributed by atoms with Crippen LogP contribution in [0.5, 0.6) is 0 Å². The predicted octanol–water partition coefficient (Wildman–Crippen LogP) is 9.18. The highest BCUT2D eigenvalue weighted by Gasteiger charge is 2.44. The van der Waals surface area contributed by atoms with Crippen LogP contribution in [0.15, 0.2) is 30.4 Å². The molecule has 0 amide bonds. The summed E-state index contributed by atoms with van der Waals surface area (Å²) in [7, 11) is 0. The second-order valence-corrected chi connectivity index (χ2v) is 11.0. The van der Waals surface area contributed by atoms with Gasteiger partial charge in [0, 0.05) is 0 Å². The average molecular weight is 481 g/mol. The van der Waals surface area contributed by atoms with Crippen molar-refractivity contribution in [1.82, 2.24) is 0 Å². The molecule has 0 spiro atoms. The number of allylic oxidation sites excluding steroid dienone is 2. The molecule has 5 heteroatoms. The van der Waals surface area contributed by atoms with Gasteiger partial charge in [0.1, 0.15) is 0 Å². The van der Waals surface area contributed by atoms with Crippen molar-refractivity contribution in [3.8, 4) is 0 Å². The first-order valence-electron chi connectivity index (χ1n) is 13.5.